The van der Waals surface area contributed by atoms with E-state index in [9.17, 15) is 29.7 Å². The molecule has 0 spiro atoms. The smallest absolute Gasteiger partial charge is 0.407 e. The number of guanidine groups is 1. The van der Waals surface area contributed by atoms with Gasteiger partial charge < -0.3 is 46.5 Å². The molecule has 0 aromatic carbocycles. The first kappa shape index (κ1) is 22.0. The predicted molar refractivity (Wildman–Crippen MR) is 89.5 cm³/mol. The van der Waals surface area contributed by atoms with Gasteiger partial charge in [-0.25, -0.2) is 9.59 Å². The van der Waals surface area contributed by atoms with Crippen LogP contribution in [0.25, 0.3) is 0 Å². The summed E-state index contributed by atoms with van der Waals surface area (Å²) in [5.41, 5.74) is 5.30. The summed E-state index contributed by atoms with van der Waals surface area (Å²) in [5.74, 6) is -3.14. The summed E-state index contributed by atoms with van der Waals surface area (Å²) < 4.78 is 10.3. The van der Waals surface area contributed by atoms with Crippen LogP contribution in [0.1, 0.15) is 6.92 Å². The van der Waals surface area contributed by atoms with Crippen LogP contribution in [0.2, 0.25) is 0 Å². The minimum Gasteiger partial charge on any atom is -0.477 e. The maximum Gasteiger partial charge on any atom is 0.407 e. The number of carboxylic acid groups (broad SMARTS) is 1. The second-order valence-electron chi connectivity index (χ2n) is 5.60. The van der Waals surface area contributed by atoms with E-state index in [1.165, 1.54) is 14.0 Å². The molecule has 152 valence electrons. The molecule has 1 rings (SSSR count). The molecular formula is C14H23N5O8. The molecule has 0 aliphatic carbocycles. The molecule has 0 bridgehead atoms. The van der Waals surface area contributed by atoms with E-state index in [1.54, 1.807) is 0 Å². The van der Waals surface area contributed by atoms with Gasteiger partial charge in [0.15, 0.2) is 18.2 Å². The lowest BCUT2D eigenvalue weighted by atomic mass is 9.92. The number of carbonyl (C=O) groups excluding carboxylic acids is 2. The van der Waals surface area contributed by atoms with E-state index in [4.69, 9.17) is 20.6 Å². The van der Waals surface area contributed by atoms with Crippen LogP contribution in [0.5, 0.6) is 0 Å². The van der Waals surface area contributed by atoms with Crippen LogP contribution in [0, 0.1) is 5.41 Å². The molecule has 13 nitrogen and oxygen atoms in total. The van der Waals surface area contributed by atoms with Crippen molar-refractivity contribution in [3.8, 4) is 0 Å². The zero-order valence-electron chi connectivity index (χ0n) is 14.6. The highest BCUT2D eigenvalue weighted by atomic mass is 16.6. The van der Waals surface area contributed by atoms with Gasteiger partial charge in [0.05, 0.1) is 18.7 Å². The number of nitrogens with one attached hydrogen (secondary N) is 4. The van der Waals surface area contributed by atoms with Gasteiger partial charge in [0.1, 0.15) is 6.10 Å². The Hall–Kier alpha value is -3.06. The average molecular weight is 389 g/mol. The molecule has 0 aromatic rings. The summed E-state index contributed by atoms with van der Waals surface area (Å²) in [6.07, 6.45) is -4.56. The zero-order valence-corrected chi connectivity index (χ0v) is 14.6. The molecule has 0 saturated carbocycles. The highest BCUT2D eigenvalue weighted by molar-refractivity contribution is 5.85. The van der Waals surface area contributed by atoms with Crippen LogP contribution in [0.4, 0.5) is 4.79 Å². The van der Waals surface area contributed by atoms with Crippen molar-refractivity contribution in [3.63, 3.8) is 0 Å². The Bertz CT molecular complexity index is 625. The Kier molecular flexibility index (Phi) is 7.80. The van der Waals surface area contributed by atoms with Crippen molar-refractivity contribution in [2.45, 2.75) is 37.3 Å². The van der Waals surface area contributed by atoms with Crippen LogP contribution in [-0.2, 0) is 19.1 Å². The van der Waals surface area contributed by atoms with Gasteiger partial charge in [-0.2, -0.15) is 0 Å². The van der Waals surface area contributed by atoms with Gasteiger partial charge in [-0.1, -0.05) is 0 Å². The third-order valence-corrected chi connectivity index (χ3v) is 3.58. The van der Waals surface area contributed by atoms with Crippen molar-refractivity contribution in [3.05, 3.63) is 11.8 Å². The van der Waals surface area contributed by atoms with Gasteiger partial charge in [-0.15, -0.1) is 0 Å². The monoisotopic (exact) mass is 389 g/mol. The lowest BCUT2D eigenvalue weighted by molar-refractivity contribution is -0.146. The van der Waals surface area contributed by atoms with Crippen molar-refractivity contribution < 1.29 is 39.2 Å². The van der Waals surface area contributed by atoms with E-state index in [0.29, 0.717) is 0 Å². The largest absolute Gasteiger partial charge is 0.477 e. The van der Waals surface area contributed by atoms with Crippen LogP contribution in [0.3, 0.4) is 0 Å². The van der Waals surface area contributed by atoms with Crippen molar-refractivity contribution in [1.29, 1.82) is 5.41 Å². The van der Waals surface area contributed by atoms with E-state index in [2.05, 4.69) is 16.0 Å². The van der Waals surface area contributed by atoms with E-state index < -0.39 is 66.7 Å². The molecule has 0 radical (unpaired) electrons. The van der Waals surface area contributed by atoms with Gasteiger partial charge in [-0.3, -0.25) is 10.2 Å². The van der Waals surface area contributed by atoms with Gasteiger partial charge in [0.2, 0.25) is 11.7 Å². The molecule has 1 aliphatic rings. The molecule has 1 aliphatic heterocycles. The zero-order chi connectivity index (χ0) is 20.7. The maximum absolute atomic E-state index is 11.6. The second-order valence-corrected chi connectivity index (χ2v) is 5.60. The number of nitrogens with two attached hydrogens (primary N) is 1. The Morgan fingerprint density at radius 2 is 2.04 bits per heavy atom. The van der Waals surface area contributed by atoms with Gasteiger partial charge in [0.25, 0.3) is 0 Å². The fourth-order valence-corrected chi connectivity index (χ4v) is 2.49. The van der Waals surface area contributed by atoms with E-state index in [1.807, 2.05) is 0 Å². The van der Waals surface area contributed by atoms with Gasteiger partial charge in [0, 0.05) is 14.0 Å². The molecule has 1 heterocycles. The number of amides is 2. The first-order valence-corrected chi connectivity index (χ1v) is 7.77. The van der Waals surface area contributed by atoms with Crippen molar-refractivity contribution in [2.75, 3.05) is 13.7 Å². The summed E-state index contributed by atoms with van der Waals surface area (Å²) in [7, 11) is 1.25. The molecule has 0 saturated heterocycles. The normalized spacial score (nSPS) is 23.7. The minimum atomic E-state index is -1.66. The fourth-order valence-electron chi connectivity index (χ4n) is 2.49. The van der Waals surface area contributed by atoms with Crippen LogP contribution in [-0.4, -0.2) is 83.3 Å². The number of aliphatic carboxylic acids is 1. The molecule has 13 heteroatoms. The summed E-state index contributed by atoms with van der Waals surface area (Å²) in [6, 6.07) is -2.15. The molecule has 27 heavy (non-hydrogen) atoms. The predicted octanol–water partition coefficient (Wildman–Crippen LogP) is -3.21. The summed E-state index contributed by atoms with van der Waals surface area (Å²) in [5, 5.41) is 43.0. The van der Waals surface area contributed by atoms with Crippen LogP contribution < -0.4 is 21.7 Å². The van der Waals surface area contributed by atoms with E-state index >= 15 is 0 Å². The number of carbonyl (C=O) groups is 3. The minimum absolute atomic E-state index is 0.525. The first-order valence-electron chi connectivity index (χ1n) is 7.77. The lowest BCUT2D eigenvalue weighted by Gasteiger charge is -2.41. The molecule has 2 amide bonds. The van der Waals surface area contributed by atoms with Crippen molar-refractivity contribution >= 4 is 23.9 Å². The van der Waals surface area contributed by atoms with Crippen molar-refractivity contribution in [1.82, 2.24) is 16.0 Å². The third-order valence-electron chi connectivity index (χ3n) is 3.58. The molecule has 0 aromatic heterocycles. The Morgan fingerprint density at radius 3 is 2.48 bits per heavy atom. The quantitative estimate of drug-likeness (QED) is 0.161. The number of rotatable bonds is 7. The highest BCUT2D eigenvalue weighted by Crippen LogP contribution is 2.25. The fraction of sp³-hybridized carbons (Fsp3) is 0.571. The number of carboxylic acids is 1. The standard InChI is InChI=1S/C14H23N5O8/c1-5(21)18-9-6(19-13(15)16)3-8(12(23)24)26-11(9)10(7(22)4-20)27-14(25)17-2/h3,6-7,9-11,20,22H,4H2,1-2H3,(H,17,25)(H,18,21)(H,23,24)(H4,15,16,19)/t6-,7+,9+,10+,11?/m0/s1. The van der Waals surface area contributed by atoms with Crippen LogP contribution in [0.15, 0.2) is 11.8 Å². The number of hydrogen-bond donors (Lipinski definition) is 8. The van der Waals surface area contributed by atoms with Crippen molar-refractivity contribution in [2.24, 2.45) is 5.73 Å². The maximum atomic E-state index is 11.6. The number of hydrogen-bond acceptors (Lipinski definition) is 8. The summed E-state index contributed by atoms with van der Waals surface area (Å²) >= 11 is 0. The highest BCUT2D eigenvalue weighted by Gasteiger charge is 2.46. The Balaban J connectivity index is 3.38. The summed E-state index contributed by atoms with van der Waals surface area (Å²) in [4.78, 5) is 34.6. The van der Waals surface area contributed by atoms with E-state index in [0.717, 1.165) is 6.08 Å². The summed E-state index contributed by atoms with van der Waals surface area (Å²) in [6.45, 7) is 0.334. The number of aliphatic hydroxyl groups is 2. The number of alkyl carbamates (subject to hydrolysis) is 1. The Labute approximate surface area is 154 Å². The molecular weight excluding hydrogens is 366 g/mol. The molecule has 9 N–H and O–H groups in total. The number of aliphatic hydroxyl groups excluding tert-OH is 2. The topological polar surface area (TPSA) is 216 Å². The van der Waals surface area contributed by atoms with E-state index in [-0.39, 0.29) is 0 Å². The Morgan fingerprint density at radius 1 is 1.41 bits per heavy atom. The van der Waals surface area contributed by atoms with Gasteiger partial charge in [-0.05, 0) is 6.08 Å². The second kappa shape index (κ2) is 9.59. The van der Waals surface area contributed by atoms with Gasteiger partial charge >= 0.3 is 12.1 Å². The SMILES string of the molecule is CNC(=O)O[C@@H](C1OC(C(=O)O)=C[C@H](NC(=N)N)[C@H]1NC(C)=O)[C@H](O)CO. The number of ether oxygens (including phenoxy) is 2. The molecule has 0 fully saturated rings. The first-order chi connectivity index (χ1) is 12.6. The third kappa shape index (κ3) is 6.00. The molecule has 5 atom stereocenters. The molecule has 1 unspecified atom stereocenters. The van der Waals surface area contributed by atoms with Crippen LogP contribution >= 0.6 is 0 Å². The average Bonchev–Trinajstić information content (AvgIpc) is 2.59. The lowest BCUT2D eigenvalue weighted by Crippen LogP contribution is -2.64.